The van der Waals surface area contributed by atoms with Crippen LogP contribution in [0.15, 0.2) is 6.20 Å². The maximum Gasteiger partial charge on any atom is 0.418 e. The third kappa shape index (κ3) is 5.57. The Kier molecular flexibility index (Phi) is 6.78. The highest BCUT2D eigenvalue weighted by atomic mass is 32.2. The Morgan fingerprint density at radius 3 is 2.26 bits per heavy atom. The zero-order valence-corrected chi connectivity index (χ0v) is 17.0. The third-order valence-electron chi connectivity index (χ3n) is 5.31. The molecule has 0 bridgehead atoms. The lowest BCUT2D eigenvalue weighted by Crippen LogP contribution is -2.41. The minimum atomic E-state index is -4.40. The molecule has 1 saturated carbocycles. The normalized spacial score (nSPS) is 21.5. The standard InChI is InChI=1S/C18H28F3N3O2S/c1-11(2)27(25,26)24-15-7-5-14(6-8-15)9-22-17-13(4)12(3)16(10-23-17)18(19,20)21/h10-11,14-15,24H,5-9H2,1-4H3,(H,22,23). The fourth-order valence-electron chi connectivity index (χ4n) is 3.26. The minimum Gasteiger partial charge on any atom is -0.370 e. The first-order valence-electron chi connectivity index (χ1n) is 9.20. The van der Waals surface area contributed by atoms with Crippen LogP contribution in [0, 0.1) is 19.8 Å². The van der Waals surface area contributed by atoms with Crippen LogP contribution in [0.4, 0.5) is 19.0 Å². The summed E-state index contributed by atoms with van der Waals surface area (Å²) in [6.07, 6.45) is -0.286. The predicted octanol–water partition coefficient (Wildman–Crippen LogP) is 4.02. The van der Waals surface area contributed by atoms with Gasteiger partial charge in [0.05, 0.1) is 10.8 Å². The molecule has 2 N–H and O–H groups in total. The van der Waals surface area contributed by atoms with Gasteiger partial charge in [0.15, 0.2) is 0 Å². The van der Waals surface area contributed by atoms with Gasteiger partial charge in [0.2, 0.25) is 10.0 Å². The summed E-state index contributed by atoms with van der Waals surface area (Å²) in [4.78, 5) is 3.95. The lowest BCUT2D eigenvalue weighted by atomic mass is 9.86. The van der Waals surface area contributed by atoms with Crippen LogP contribution < -0.4 is 10.0 Å². The summed E-state index contributed by atoms with van der Waals surface area (Å²) in [5.41, 5.74) is -0.0153. The van der Waals surface area contributed by atoms with Gasteiger partial charge >= 0.3 is 6.18 Å². The van der Waals surface area contributed by atoms with Gasteiger partial charge in [-0.05, 0) is 70.4 Å². The van der Waals surface area contributed by atoms with Gasteiger partial charge in [-0.15, -0.1) is 0 Å². The van der Waals surface area contributed by atoms with Crippen molar-refractivity contribution in [1.29, 1.82) is 0 Å². The maximum absolute atomic E-state index is 12.9. The highest BCUT2D eigenvalue weighted by Gasteiger charge is 2.34. The number of hydrogen-bond acceptors (Lipinski definition) is 4. The van der Waals surface area contributed by atoms with Crippen molar-refractivity contribution < 1.29 is 21.6 Å². The van der Waals surface area contributed by atoms with Gasteiger partial charge in [0.1, 0.15) is 5.82 Å². The van der Waals surface area contributed by atoms with Crippen molar-refractivity contribution >= 4 is 15.8 Å². The number of alkyl halides is 3. The molecule has 27 heavy (non-hydrogen) atoms. The second kappa shape index (κ2) is 8.34. The zero-order chi connectivity index (χ0) is 20.4. The lowest BCUT2D eigenvalue weighted by Gasteiger charge is -2.30. The van der Waals surface area contributed by atoms with Gasteiger partial charge < -0.3 is 5.32 Å². The summed E-state index contributed by atoms with van der Waals surface area (Å²) < 4.78 is 65.4. The van der Waals surface area contributed by atoms with Crippen molar-refractivity contribution in [2.45, 2.75) is 70.8 Å². The summed E-state index contributed by atoms with van der Waals surface area (Å²) in [6, 6.07) is -0.0400. The quantitative estimate of drug-likeness (QED) is 0.747. The third-order valence-corrected chi connectivity index (χ3v) is 7.21. The number of sulfonamides is 1. The first-order valence-corrected chi connectivity index (χ1v) is 10.7. The number of nitrogens with zero attached hydrogens (tertiary/aromatic N) is 1. The molecular formula is C18H28F3N3O2S. The van der Waals surface area contributed by atoms with E-state index in [1.807, 2.05) is 0 Å². The van der Waals surface area contributed by atoms with Crippen molar-refractivity contribution in [2.24, 2.45) is 5.92 Å². The molecule has 1 aromatic rings. The van der Waals surface area contributed by atoms with E-state index in [1.165, 1.54) is 6.92 Å². The van der Waals surface area contributed by atoms with Crippen molar-refractivity contribution in [2.75, 3.05) is 11.9 Å². The average Bonchev–Trinajstić information content (AvgIpc) is 2.56. The number of halogens is 3. The van der Waals surface area contributed by atoms with Crippen molar-refractivity contribution in [3.05, 3.63) is 22.9 Å². The second-order valence-electron chi connectivity index (χ2n) is 7.58. The maximum atomic E-state index is 12.9. The largest absolute Gasteiger partial charge is 0.418 e. The molecule has 0 spiro atoms. The number of hydrogen-bond donors (Lipinski definition) is 2. The van der Waals surface area contributed by atoms with Gasteiger partial charge in [0.25, 0.3) is 0 Å². The van der Waals surface area contributed by atoms with Crippen LogP contribution in [0.3, 0.4) is 0 Å². The van der Waals surface area contributed by atoms with Gasteiger partial charge in [-0.25, -0.2) is 18.1 Å². The average molecular weight is 408 g/mol. The van der Waals surface area contributed by atoms with Crippen molar-refractivity contribution in [3.63, 3.8) is 0 Å². The number of rotatable bonds is 6. The van der Waals surface area contributed by atoms with Crippen LogP contribution in [0.2, 0.25) is 0 Å². The van der Waals surface area contributed by atoms with Gasteiger partial charge in [-0.1, -0.05) is 0 Å². The summed E-state index contributed by atoms with van der Waals surface area (Å²) in [5.74, 6) is 0.816. The van der Waals surface area contributed by atoms with Gasteiger partial charge in [-0.3, -0.25) is 0 Å². The fraction of sp³-hybridized carbons (Fsp3) is 0.722. The SMILES string of the molecule is Cc1c(C(F)(F)F)cnc(NCC2CCC(NS(=O)(=O)C(C)C)CC2)c1C. The topological polar surface area (TPSA) is 71.1 Å². The summed E-state index contributed by atoms with van der Waals surface area (Å²) >= 11 is 0. The van der Waals surface area contributed by atoms with Gasteiger partial charge in [0, 0.05) is 18.8 Å². The first kappa shape index (κ1) is 21.9. The van der Waals surface area contributed by atoms with Crippen LogP contribution in [0.25, 0.3) is 0 Å². The molecule has 2 rings (SSSR count). The molecule has 1 aromatic heterocycles. The van der Waals surface area contributed by atoms with E-state index in [9.17, 15) is 21.6 Å². The Labute approximate surface area is 159 Å². The van der Waals surface area contributed by atoms with E-state index < -0.39 is 27.0 Å². The Bertz CT molecular complexity index is 756. The minimum absolute atomic E-state index is 0.0400. The fourth-order valence-corrected chi connectivity index (χ4v) is 4.23. The Balaban J connectivity index is 1.90. The summed E-state index contributed by atoms with van der Waals surface area (Å²) in [6.45, 7) is 7.01. The van der Waals surface area contributed by atoms with E-state index in [-0.39, 0.29) is 11.6 Å². The molecule has 9 heteroatoms. The molecule has 0 aliphatic heterocycles. The van der Waals surface area contributed by atoms with Crippen LogP contribution in [-0.4, -0.2) is 31.2 Å². The molecule has 0 unspecified atom stereocenters. The van der Waals surface area contributed by atoms with E-state index >= 15 is 0 Å². The highest BCUT2D eigenvalue weighted by molar-refractivity contribution is 7.90. The molecule has 0 amide bonds. The Hall–Kier alpha value is -1.35. The van der Waals surface area contributed by atoms with E-state index in [1.54, 1.807) is 20.8 Å². The number of aromatic nitrogens is 1. The first-order chi connectivity index (χ1) is 12.4. The molecule has 1 heterocycles. The Morgan fingerprint density at radius 1 is 1.15 bits per heavy atom. The number of nitrogens with one attached hydrogen (secondary N) is 2. The molecule has 1 fully saturated rings. The van der Waals surface area contributed by atoms with Crippen LogP contribution in [-0.2, 0) is 16.2 Å². The lowest BCUT2D eigenvalue weighted by molar-refractivity contribution is -0.138. The Morgan fingerprint density at radius 2 is 1.74 bits per heavy atom. The molecule has 154 valence electrons. The molecule has 0 aromatic carbocycles. The van der Waals surface area contributed by atoms with Gasteiger partial charge in [-0.2, -0.15) is 13.2 Å². The van der Waals surface area contributed by atoms with Crippen molar-refractivity contribution in [3.8, 4) is 0 Å². The summed E-state index contributed by atoms with van der Waals surface area (Å²) in [7, 11) is -3.26. The summed E-state index contributed by atoms with van der Waals surface area (Å²) in [5, 5.41) is 2.72. The number of anilines is 1. The van der Waals surface area contributed by atoms with Crippen LogP contribution in [0.1, 0.15) is 56.2 Å². The molecule has 0 saturated heterocycles. The molecule has 1 aliphatic carbocycles. The van der Waals surface area contributed by atoms with E-state index in [0.717, 1.165) is 31.9 Å². The number of pyridine rings is 1. The predicted molar refractivity (Wildman–Crippen MR) is 100 cm³/mol. The molecule has 1 aliphatic rings. The second-order valence-corrected chi connectivity index (χ2v) is 9.85. The highest BCUT2D eigenvalue weighted by Crippen LogP contribution is 2.34. The molecule has 0 atom stereocenters. The van der Waals surface area contributed by atoms with Crippen molar-refractivity contribution in [1.82, 2.24) is 9.71 Å². The molecular weight excluding hydrogens is 379 g/mol. The smallest absolute Gasteiger partial charge is 0.370 e. The van der Waals surface area contributed by atoms with Crippen LogP contribution >= 0.6 is 0 Å². The molecule has 0 radical (unpaired) electrons. The van der Waals surface area contributed by atoms with E-state index in [4.69, 9.17) is 0 Å². The zero-order valence-electron chi connectivity index (χ0n) is 16.2. The van der Waals surface area contributed by atoms with E-state index in [2.05, 4.69) is 15.0 Å². The van der Waals surface area contributed by atoms with Crippen LogP contribution in [0.5, 0.6) is 0 Å². The monoisotopic (exact) mass is 407 g/mol. The molecule has 5 nitrogen and oxygen atoms in total. The van der Waals surface area contributed by atoms with E-state index in [0.29, 0.717) is 23.8 Å².